The molecule has 1 amide bonds. The first-order valence-corrected chi connectivity index (χ1v) is 8.53. The zero-order chi connectivity index (χ0) is 16.1. The summed E-state index contributed by atoms with van der Waals surface area (Å²) < 4.78 is 5.88. The van der Waals surface area contributed by atoms with Crippen molar-refractivity contribution in [1.29, 1.82) is 0 Å². The number of benzene rings is 1. The summed E-state index contributed by atoms with van der Waals surface area (Å²) in [5.74, 6) is -0.947. The number of hydrogen-bond donors (Lipinski definition) is 0. The lowest BCUT2D eigenvalue weighted by molar-refractivity contribution is -0.143. The average molecular weight is 335 g/mol. The van der Waals surface area contributed by atoms with Crippen LogP contribution in [-0.2, 0) is 14.3 Å². The van der Waals surface area contributed by atoms with Gasteiger partial charge in [-0.1, -0.05) is 41.7 Å². The SMILES string of the molecule is CC(C)OC(=O)C(C(=O)N(C)c1ccccc1)=C1SC=CS1. The Hall–Kier alpha value is -1.66. The fraction of sp³-hybridized carbons (Fsp3) is 0.250. The molecule has 1 heterocycles. The number of rotatable bonds is 4. The van der Waals surface area contributed by atoms with Crippen molar-refractivity contribution in [1.82, 2.24) is 0 Å². The number of nitrogens with zero attached hydrogens (tertiary/aromatic N) is 1. The second-order valence-corrected chi connectivity index (χ2v) is 6.91. The summed E-state index contributed by atoms with van der Waals surface area (Å²) in [4.78, 5) is 26.6. The van der Waals surface area contributed by atoms with E-state index in [0.717, 1.165) is 5.69 Å². The van der Waals surface area contributed by atoms with Gasteiger partial charge in [-0.2, -0.15) is 0 Å². The number of ether oxygens (including phenoxy) is 1. The van der Waals surface area contributed by atoms with Crippen LogP contribution in [0.4, 0.5) is 5.69 Å². The maximum Gasteiger partial charge on any atom is 0.345 e. The van der Waals surface area contributed by atoms with E-state index in [4.69, 9.17) is 4.74 Å². The zero-order valence-electron chi connectivity index (χ0n) is 12.6. The third-order valence-corrected chi connectivity index (χ3v) is 4.95. The van der Waals surface area contributed by atoms with E-state index in [1.165, 1.54) is 28.4 Å². The number of anilines is 1. The van der Waals surface area contributed by atoms with Crippen LogP contribution in [0.5, 0.6) is 0 Å². The minimum Gasteiger partial charge on any atom is -0.459 e. The number of amides is 1. The average Bonchev–Trinajstić information content (AvgIpc) is 3.00. The molecule has 0 bridgehead atoms. The van der Waals surface area contributed by atoms with Crippen LogP contribution < -0.4 is 4.90 Å². The molecule has 0 N–H and O–H groups in total. The van der Waals surface area contributed by atoms with Crippen LogP contribution in [0.2, 0.25) is 0 Å². The van der Waals surface area contributed by atoms with E-state index in [0.29, 0.717) is 4.24 Å². The Kier molecular flexibility index (Phi) is 5.74. The third kappa shape index (κ3) is 3.96. The van der Waals surface area contributed by atoms with Gasteiger partial charge in [0.1, 0.15) is 5.57 Å². The molecule has 22 heavy (non-hydrogen) atoms. The zero-order valence-corrected chi connectivity index (χ0v) is 14.2. The molecule has 0 aliphatic carbocycles. The van der Waals surface area contributed by atoms with Crippen LogP contribution >= 0.6 is 23.5 Å². The Morgan fingerprint density at radius 3 is 2.23 bits per heavy atom. The summed E-state index contributed by atoms with van der Waals surface area (Å²) in [5.41, 5.74) is 0.809. The summed E-state index contributed by atoms with van der Waals surface area (Å²) in [5, 5.41) is 3.69. The molecule has 1 aliphatic rings. The fourth-order valence-corrected chi connectivity index (χ4v) is 3.62. The standard InChI is InChI=1S/C16H17NO3S2/c1-11(2)20-15(19)13(16-21-9-10-22-16)14(18)17(3)12-7-5-4-6-8-12/h4-11H,1-3H3. The molecule has 1 aromatic carbocycles. The van der Waals surface area contributed by atoms with E-state index < -0.39 is 5.97 Å². The summed E-state index contributed by atoms with van der Waals surface area (Å²) >= 11 is 2.72. The van der Waals surface area contributed by atoms with Crippen LogP contribution in [0.1, 0.15) is 13.8 Å². The highest BCUT2D eigenvalue weighted by Crippen LogP contribution is 2.40. The van der Waals surface area contributed by atoms with Crippen molar-refractivity contribution >= 4 is 41.1 Å². The predicted molar refractivity (Wildman–Crippen MR) is 92.4 cm³/mol. The van der Waals surface area contributed by atoms with Gasteiger partial charge in [0, 0.05) is 12.7 Å². The van der Waals surface area contributed by atoms with Crippen molar-refractivity contribution in [2.45, 2.75) is 20.0 Å². The molecule has 116 valence electrons. The number of hydrogen-bond acceptors (Lipinski definition) is 5. The molecule has 6 heteroatoms. The van der Waals surface area contributed by atoms with E-state index >= 15 is 0 Å². The number of likely N-dealkylation sites (N-methyl/N-ethyl adjacent to an activating group) is 1. The highest BCUT2D eigenvalue weighted by Gasteiger charge is 2.29. The molecule has 1 aliphatic heterocycles. The summed E-state index contributed by atoms with van der Waals surface area (Å²) in [6.45, 7) is 3.53. The molecule has 0 saturated carbocycles. The number of thioether (sulfide) groups is 2. The monoisotopic (exact) mass is 335 g/mol. The number of carbonyl (C=O) groups excluding carboxylic acids is 2. The van der Waals surface area contributed by atoms with Gasteiger partial charge in [-0.05, 0) is 36.8 Å². The van der Waals surface area contributed by atoms with E-state index in [1.807, 2.05) is 41.1 Å². The Morgan fingerprint density at radius 2 is 1.68 bits per heavy atom. The third-order valence-electron chi connectivity index (χ3n) is 2.82. The van der Waals surface area contributed by atoms with Gasteiger partial charge in [0.25, 0.3) is 5.91 Å². The van der Waals surface area contributed by atoms with Gasteiger partial charge >= 0.3 is 5.97 Å². The van der Waals surface area contributed by atoms with E-state index in [-0.39, 0.29) is 17.6 Å². The first-order chi connectivity index (χ1) is 10.5. The molecule has 0 atom stereocenters. The lowest BCUT2D eigenvalue weighted by atomic mass is 10.2. The molecular weight excluding hydrogens is 318 g/mol. The topological polar surface area (TPSA) is 46.6 Å². The van der Waals surface area contributed by atoms with Crippen LogP contribution in [-0.4, -0.2) is 25.0 Å². The fourth-order valence-electron chi connectivity index (χ4n) is 1.79. The Balaban J connectivity index is 2.31. The van der Waals surface area contributed by atoms with Gasteiger partial charge < -0.3 is 9.64 Å². The van der Waals surface area contributed by atoms with Gasteiger partial charge in [-0.15, -0.1) is 0 Å². The molecule has 0 unspecified atom stereocenters. The number of esters is 1. The van der Waals surface area contributed by atoms with Crippen molar-refractivity contribution in [3.05, 3.63) is 51.0 Å². The highest BCUT2D eigenvalue weighted by atomic mass is 32.2. The van der Waals surface area contributed by atoms with Crippen molar-refractivity contribution in [2.24, 2.45) is 0 Å². The van der Waals surface area contributed by atoms with Crippen LogP contribution in [0.3, 0.4) is 0 Å². The van der Waals surface area contributed by atoms with Gasteiger partial charge in [0.2, 0.25) is 0 Å². The highest BCUT2D eigenvalue weighted by molar-refractivity contribution is 8.27. The van der Waals surface area contributed by atoms with Gasteiger partial charge in [0.05, 0.1) is 10.3 Å². The van der Waals surface area contributed by atoms with Gasteiger partial charge in [-0.25, -0.2) is 4.79 Å². The lowest BCUT2D eigenvalue weighted by Crippen LogP contribution is -2.32. The largest absolute Gasteiger partial charge is 0.459 e. The van der Waals surface area contributed by atoms with E-state index in [9.17, 15) is 9.59 Å². The van der Waals surface area contributed by atoms with Crippen LogP contribution in [0, 0.1) is 0 Å². The predicted octanol–water partition coefficient (Wildman–Crippen LogP) is 3.76. The smallest absolute Gasteiger partial charge is 0.345 e. The molecular formula is C16H17NO3S2. The minimum atomic E-state index is -0.582. The summed E-state index contributed by atoms with van der Waals surface area (Å²) in [6.07, 6.45) is -0.276. The van der Waals surface area contributed by atoms with Crippen molar-refractivity contribution in [3.8, 4) is 0 Å². The lowest BCUT2D eigenvalue weighted by Gasteiger charge is -2.20. The summed E-state index contributed by atoms with van der Waals surface area (Å²) in [6, 6.07) is 9.21. The normalized spacial score (nSPS) is 13.4. The van der Waals surface area contributed by atoms with Gasteiger partial charge in [-0.3, -0.25) is 4.79 Å². The maximum absolute atomic E-state index is 12.8. The Labute approximate surface area is 138 Å². The van der Waals surface area contributed by atoms with Crippen molar-refractivity contribution < 1.29 is 14.3 Å². The van der Waals surface area contributed by atoms with Crippen LogP contribution in [0.15, 0.2) is 51.0 Å². The molecule has 2 rings (SSSR count). The van der Waals surface area contributed by atoms with Gasteiger partial charge in [0.15, 0.2) is 0 Å². The van der Waals surface area contributed by atoms with Crippen molar-refractivity contribution in [3.63, 3.8) is 0 Å². The molecule has 4 nitrogen and oxygen atoms in total. The second-order valence-electron chi connectivity index (χ2n) is 4.82. The van der Waals surface area contributed by atoms with E-state index in [2.05, 4.69) is 0 Å². The molecule has 0 saturated heterocycles. The molecule has 0 spiro atoms. The quantitative estimate of drug-likeness (QED) is 0.363. The molecule has 0 aromatic heterocycles. The Morgan fingerprint density at radius 1 is 1.09 bits per heavy atom. The maximum atomic E-state index is 12.8. The number of carbonyl (C=O) groups is 2. The molecule has 0 fully saturated rings. The first-order valence-electron chi connectivity index (χ1n) is 6.77. The Bertz CT molecular complexity index is 614. The first kappa shape index (κ1) is 16.7. The second kappa shape index (κ2) is 7.56. The van der Waals surface area contributed by atoms with Crippen molar-refractivity contribution in [2.75, 3.05) is 11.9 Å². The van der Waals surface area contributed by atoms with E-state index in [1.54, 1.807) is 20.9 Å². The summed E-state index contributed by atoms with van der Waals surface area (Å²) in [7, 11) is 1.65. The molecule has 0 radical (unpaired) electrons. The number of para-hydroxylation sites is 1. The minimum absolute atomic E-state index is 0.0834. The van der Waals surface area contributed by atoms with Crippen LogP contribution in [0.25, 0.3) is 0 Å². The molecule has 1 aromatic rings.